The normalized spacial score (nSPS) is 25.2. The van der Waals surface area contributed by atoms with Crippen LogP contribution in [-0.2, 0) is 20.8 Å². The van der Waals surface area contributed by atoms with Crippen molar-refractivity contribution < 1.29 is 19.1 Å². The van der Waals surface area contributed by atoms with Crippen LogP contribution in [0.3, 0.4) is 0 Å². The van der Waals surface area contributed by atoms with E-state index in [0.29, 0.717) is 19.6 Å². The average molecular weight is 432 g/mol. The highest BCUT2D eigenvalue weighted by molar-refractivity contribution is 5.77. The molecule has 0 spiro atoms. The summed E-state index contributed by atoms with van der Waals surface area (Å²) >= 11 is 0. The second kappa shape index (κ2) is 10.5. The van der Waals surface area contributed by atoms with E-state index in [4.69, 9.17) is 9.47 Å². The summed E-state index contributed by atoms with van der Waals surface area (Å²) in [5.41, 5.74) is 0.773. The Bertz CT molecular complexity index is 734. The zero-order valence-electron chi connectivity index (χ0n) is 19.3. The second-order valence-corrected chi connectivity index (χ2v) is 9.73. The van der Waals surface area contributed by atoms with E-state index >= 15 is 0 Å². The van der Waals surface area contributed by atoms with Gasteiger partial charge in [-0.15, -0.1) is 0 Å². The standard InChI is InChI=1S/C24H37N3O4/c1-18-14-20(10-11-27(18)23(29)31-24(2,3)4)25-22(28)15-21-17-26(12-13-30-21)16-19-8-6-5-7-9-19/h5-9,18,20-21H,10-17H2,1-4H3,(H,25,28)/t18-,20-,21-/m1/s1. The minimum atomic E-state index is -0.504. The average Bonchev–Trinajstić information content (AvgIpc) is 2.67. The van der Waals surface area contributed by atoms with Crippen LogP contribution >= 0.6 is 0 Å². The van der Waals surface area contributed by atoms with Gasteiger partial charge in [0.2, 0.25) is 5.91 Å². The van der Waals surface area contributed by atoms with Crippen molar-refractivity contribution in [2.24, 2.45) is 0 Å². The number of hydrogen-bond acceptors (Lipinski definition) is 5. The molecular formula is C24H37N3O4. The zero-order valence-corrected chi connectivity index (χ0v) is 19.3. The first-order valence-corrected chi connectivity index (χ1v) is 11.4. The van der Waals surface area contributed by atoms with E-state index in [0.717, 1.165) is 32.5 Å². The quantitative estimate of drug-likeness (QED) is 0.775. The Morgan fingerprint density at radius 2 is 1.94 bits per heavy atom. The number of nitrogens with one attached hydrogen (secondary N) is 1. The first kappa shape index (κ1) is 23.5. The summed E-state index contributed by atoms with van der Waals surface area (Å²) in [5, 5.41) is 3.15. The van der Waals surface area contributed by atoms with Gasteiger partial charge in [-0.1, -0.05) is 30.3 Å². The molecule has 7 nitrogen and oxygen atoms in total. The lowest BCUT2D eigenvalue weighted by molar-refractivity contribution is -0.127. The molecule has 1 N–H and O–H groups in total. The minimum Gasteiger partial charge on any atom is -0.444 e. The summed E-state index contributed by atoms with van der Waals surface area (Å²) in [4.78, 5) is 29.1. The molecule has 2 amide bonds. The predicted octanol–water partition coefficient (Wildman–Crippen LogP) is 3.18. The Hall–Kier alpha value is -2.12. The van der Waals surface area contributed by atoms with Gasteiger partial charge in [0.25, 0.3) is 0 Å². The summed E-state index contributed by atoms with van der Waals surface area (Å²) in [7, 11) is 0. The monoisotopic (exact) mass is 431 g/mol. The van der Waals surface area contributed by atoms with Crippen molar-refractivity contribution in [3.63, 3.8) is 0 Å². The molecule has 2 heterocycles. The van der Waals surface area contributed by atoms with Crippen molar-refractivity contribution in [1.82, 2.24) is 15.1 Å². The van der Waals surface area contributed by atoms with Crippen LogP contribution < -0.4 is 5.32 Å². The van der Waals surface area contributed by atoms with Crippen LogP contribution in [0.15, 0.2) is 30.3 Å². The van der Waals surface area contributed by atoms with Crippen molar-refractivity contribution in [3.8, 4) is 0 Å². The van der Waals surface area contributed by atoms with Crippen molar-refractivity contribution in [3.05, 3.63) is 35.9 Å². The van der Waals surface area contributed by atoms with Gasteiger partial charge in [0.15, 0.2) is 0 Å². The van der Waals surface area contributed by atoms with Crippen LogP contribution in [-0.4, -0.2) is 71.8 Å². The third-order valence-corrected chi connectivity index (χ3v) is 5.75. The van der Waals surface area contributed by atoms with Gasteiger partial charge in [0.1, 0.15) is 5.60 Å². The van der Waals surface area contributed by atoms with Gasteiger partial charge in [-0.2, -0.15) is 0 Å². The number of piperidine rings is 1. The van der Waals surface area contributed by atoms with Crippen molar-refractivity contribution >= 4 is 12.0 Å². The maximum Gasteiger partial charge on any atom is 0.410 e. The topological polar surface area (TPSA) is 71.1 Å². The highest BCUT2D eigenvalue weighted by Crippen LogP contribution is 2.21. The van der Waals surface area contributed by atoms with Crippen LogP contribution in [0.1, 0.15) is 52.5 Å². The number of morpholine rings is 1. The molecule has 0 bridgehead atoms. The highest BCUT2D eigenvalue weighted by atomic mass is 16.6. The lowest BCUT2D eigenvalue weighted by atomic mass is 9.98. The van der Waals surface area contributed by atoms with Crippen LogP contribution in [0.4, 0.5) is 4.79 Å². The first-order chi connectivity index (χ1) is 14.7. The minimum absolute atomic E-state index is 0.0227. The molecule has 3 atom stereocenters. The van der Waals surface area contributed by atoms with Gasteiger partial charge in [-0.05, 0) is 46.1 Å². The molecule has 3 rings (SSSR count). The van der Waals surface area contributed by atoms with Crippen molar-refractivity contribution in [2.45, 2.75) is 77.3 Å². The fourth-order valence-corrected chi connectivity index (χ4v) is 4.28. The number of nitrogens with zero attached hydrogens (tertiary/aromatic N) is 2. The smallest absolute Gasteiger partial charge is 0.410 e. The lowest BCUT2D eigenvalue weighted by Crippen LogP contribution is -2.52. The number of hydrogen-bond donors (Lipinski definition) is 1. The predicted molar refractivity (Wildman–Crippen MR) is 120 cm³/mol. The third kappa shape index (κ3) is 7.51. The number of benzene rings is 1. The van der Waals surface area contributed by atoms with Crippen LogP contribution in [0.2, 0.25) is 0 Å². The second-order valence-electron chi connectivity index (χ2n) is 9.73. The molecule has 2 saturated heterocycles. The molecule has 7 heteroatoms. The van der Waals surface area contributed by atoms with E-state index < -0.39 is 5.60 Å². The largest absolute Gasteiger partial charge is 0.444 e. The summed E-state index contributed by atoms with van der Waals surface area (Å²) in [6.07, 6.45) is 1.47. The fraction of sp³-hybridized carbons (Fsp3) is 0.667. The Morgan fingerprint density at radius 3 is 2.61 bits per heavy atom. The Kier molecular flexibility index (Phi) is 7.94. The molecule has 1 aromatic carbocycles. The molecule has 2 aliphatic heterocycles. The van der Waals surface area contributed by atoms with Gasteiger partial charge in [0, 0.05) is 38.3 Å². The number of amides is 2. The van der Waals surface area contributed by atoms with E-state index in [9.17, 15) is 9.59 Å². The summed E-state index contributed by atoms with van der Waals surface area (Å²) in [6, 6.07) is 10.5. The molecule has 2 fully saturated rings. The van der Waals surface area contributed by atoms with E-state index in [1.165, 1.54) is 5.56 Å². The molecule has 1 aromatic rings. The SMILES string of the molecule is C[C@@H]1C[C@H](NC(=O)C[C@@H]2CN(Cc3ccccc3)CCO2)CCN1C(=O)OC(C)(C)C. The number of carbonyl (C=O) groups excluding carboxylic acids is 2. The fourth-order valence-electron chi connectivity index (χ4n) is 4.28. The summed E-state index contributed by atoms with van der Waals surface area (Å²) in [6.45, 7) is 11.4. The third-order valence-electron chi connectivity index (χ3n) is 5.75. The molecule has 172 valence electrons. The van der Waals surface area contributed by atoms with E-state index in [-0.39, 0.29) is 30.2 Å². The molecule has 31 heavy (non-hydrogen) atoms. The molecule has 2 aliphatic rings. The molecular weight excluding hydrogens is 394 g/mol. The van der Waals surface area contributed by atoms with Gasteiger partial charge in [-0.25, -0.2) is 4.79 Å². The van der Waals surface area contributed by atoms with Gasteiger partial charge >= 0.3 is 6.09 Å². The number of ether oxygens (including phenoxy) is 2. The highest BCUT2D eigenvalue weighted by Gasteiger charge is 2.33. The number of carbonyl (C=O) groups is 2. The first-order valence-electron chi connectivity index (χ1n) is 11.4. The van der Waals surface area contributed by atoms with Crippen LogP contribution in [0, 0.1) is 0 Å². The summed E-state index contributed by atoms with van der Waals surface area (Å²) < 4.78 is 11.3. The van der Waals surface area contributed by atoms with Crippen molar-refractivity contribution in [1.29, 1.82) is 0 Å². The van der Waals surface area contributed by atoms with E-state index in [2.05, 4.69) is 34.5 Å². The number of rotatable bonds is 5. The maximum absolute atomic E-state index is 12.6. The van der Waals surface area contributed by atoms with Gasteiger partial charge in [-0.3, -0.25) is 9.69 Å². The van der Waals surface area contributed by atoms with Gasteiger partial charge in [0.05, 0.1) is 19.1 Å². The van der Waals surface area contributed by atoms with Crippen LogP contribution in [0.25, 0.3) is 0 Å². The molecule has 0 aliphatic carbocycles. The lowest BCUT2D eigenvalue weighted by Gasteiger charge is -2.38. The Morgan fingerprint density at radius 1 is 1.19 bits per heavy atom. The van der Waals surface area contributed by atoms with Crippen LogP contribution in [0.5, 0.6) is 0 Å². The molecule has 0 unspecified atom stereocenters. The number of likely N-dealkylation sites (tertiary alicyclic amines) is 1. The van der Waals surface area contributed by atoms with E-state index in [1.807, 2.05) is 33.8 Å². The van der Waals surface area contributed by atoms with Gasteiger partial charge < -0.3 is 19.7 Å². The Balaban J connectivity index is 1.42. The molecule has 0 saturated carbocycles. The molecule has 0 radical (unpaired) electrons. The molecule has 0 aromatic heterocycles. The summed E-state index contributed by atoms with van der Waals surface area (Å²) in [5.74, 6) is 0.0227. The van der Waals surface area contributed by atoms with Crippen molar-refractivity contribution in [2.75, 3.05) is 26.2 Å². The van der Waals surface area contributed by atoms with E-state index in [1.54, 1.807) is 4.90 Å². The Labute approximate surface area is 186 Å². The maximum atomic E-state index is 12.6. The zero-order chi connectivity index (χ0) is 22.4.